The number of methoxy groups -OCH3 is 1. The molecule has 0 amide bonds. The second-order valence-corrected chi connectivity index (χ2v) is 9.28. The second-order valence-electron chi connectivity index (χ2n) is 9.28. The summed E-state index contributed by atoms with van der Waals surface area (Å²) in [7, 11) is 3.67. The molecule has 1 spiro atoms. The van der Waals surface area contributed by atoms with Crippen molar-refractivity contribution < 1.29 is 28.5 Å². The molecule has 5 rings (SSSR count). The van der Waals surface area contributed by atoms with Gasteiger partial charge in [0.15, 0.2) is 17.6 Å². The van der Waals surface area contributed by atoms with Gasteiger partial charge in [-0.1, -0.05) is 6.07 Å². The molecule has 0 saturated carbocycles. The van der Waals surface area contributed by atoms with Gasteiger partial charge in [-0.05, 0) is 44.1 Å². The van der Waals surface area contributed by atoms with E-state index in [0.29, 0.717) is 36.5 Å². The van der Waals surface area contributed by atoms with E-state index in [1.165, 1.54) is 0 Å². The third kappa shape index (κ3) is 4.14. The molecule has 0 radical (unpaired) electrons. The molecule has 4 atom stereocenters. The van der Waals surface area contributed by atoms with Crippen LogP contribution in [-0.4, -0.2) is 68.4 Å². The van der Waals surface area contributed by atoms with Crippen molar-refractivity contribution in [1.29, 1.82) is 0 Å². The minimum atomic E-state index is -0.870. The Morgan fingerprint density at radius 1 is 1.14 bits per heavy atom. The number of likely N-dealkylation sites (tertiary alicyclic amines) is 1. The Kier molecular flexibility index (Phi) is 9.59. The summed E-state index contributed by atoms with van der Waals surface area (Å²) in [6.45, 7) is 1.21. The molecule has 1 aromatic rings. The minimum absolute atomic E-state index is 0. The number of hydrogen-bond donors (Lipinski definition) is 2. The van der Waals surface area contributed by atoms with Crippen molar-refractivity contribution in [2.75, 3.05) is 33.8 Å². The lowest BCUT2D eigenvalue weighted by Crippen LogP contribution is -2.75. The number of nitrogens with zero attached hydrogens (tertiary/aromatic N) is 1. The van der Waals surface area contributed by atoms with E-state index in [1.54, 1.807) is 7.11 Å². The van der Waals surface area contributed by atoms with Gasteiger partial charge in [-0.3, -0.25) is 14.5 Å². The third-order valence-corrected chi connectivity index (χ3v) is 7.74. The molecule has 12 heteroatoms. The molecule has 2 bridgehead atoms. The van der Waals surface area contributed by atoms with Crippen LogP contribution in [0, 0.1) is 0 Å². The molecule has 2 heterocycles. The fourth-order valence-corrected chi connectivity index (χ4v) is 6.43. The van der Waals surface area contributed by atoms with Gasteiger partial charge in [0, 0.05) is 25.1 Å². The molecule has 2 aliphatic carbocycles. The standard InChI is InChI=1S/C24H31N3O6.3ClH/c1-27-12-9-23-20-14-3-4-15(30-2)21(20)32-22(23)16(31-18(28)6-10-25)5-8-24(23,17(27)13-14)33-19(29)7-11-26;;;/h3-5,17,22H,6-13,25-26H2,1-2H3;3*1H/t17-,22-,23-,24+;;;/m0.../s1. The molecule has 9 nitrogen and oxygen atoms in total. The largest absolute Gasteiger partial charge is 0.493 e. The van der Waals surface area contributed by atoms with Crippen molar-refractivity contribution in [3.63, 3.8) is 0 Å². The highest BCUT2D eigenvalue weighted by atomic mass is 35.5. The van der Waals surface area contributed by atoms with Gasteiger partial charge in [-0.15, -0.1) is 37.2 Å². The first-order valence-corrected chi connectivity index (χ1v) is 11.5. The summed E-state index contributed by atoms with van der Waals surface area (Å²) in [5.41, 5.74) is 11.8. The summed E-state index contributed by atoms with van der Waals surface area (Å²) < 4.78 is 24.4. The number of benzene rings is 1. The van der Waals surface area contributed by atoms with Gasteiger partial charge in [0.1, 0.15) is 11.4 Å². The van der Waals surface area contributed by atoms with Gasteiger partial charge < -0.3 is 30.4 Å². The van der Waals surface area contributed by atoms with Crippen LogP contribution in [0.5, 0.6) is 11.5 Å². The van der Waals surface area contributed by atoms with E-state index < -0.39 is 23.1 Å². The lowest BCUT2D eigenvalue weighted by molar-refractivity contribution is -0.206. The first-order chi connectivity index (χ1) is 15.9. The zero-order valence-electron chi connectivity index (χ0n) is 20.3. The second kappa shape index (κ2) is 11.3. The number of likely N-dealkylation sites (N-methyl/N-ethyl adjacent to an activating group) is 1. The van der Waals surface area contributed by atoms with E-state index in [9.17, 15) is 9.59 Å². The highest BCUT2D eigenvalue weighted by molar-refractivity contribution is 5.86. The highest BCUT2D eigenvalue weighted by Crippen LogP contribution is 2.66. The first kappa shape index (κ1) is 30.5. The number of carbonyl (C=O) groups is 2. The van der Waals surface area contributed by atoms with E-state index in [2.05, 4.69) is 18.0 Å². The maximum absolute atomic E-state index is 12.9. The van der Waals surface area contributed by atoms with Gasteiger partial charge in [0.05, 0.1) is 31.4 Å². The van der Waals surface area contributed by atoms with E-state index in [4.69, 9.17) is 30.4 Å². The SMILES string of the molecule is COc1ccc2c3c1O[C@H]1C(OC(=O)CCN)=CC[C@@]4(OC(=O)CCN)[C@H](C2)N(C)CC[C@]314.Cl.Cl.Cl. The molecular weight excluding hydrogens is 533 g/mol. The Morgan fingerprint density at radius 3 is 2.50 bits per heavy atom. The lowest BCUT2D eigenvalue weighted by Gasteiger charge is -2.62. The minimum Gasteiger partial charge on any atom is -0.493 e. The Labute approximate surface area is 229 Å². The summed E-state index contributed by atoms with van der Waals surface area (Å²) in [4.78, 5) is 27.6. The molecule has 1 fully saturated rings. The molecule has 1 aromatic carbocycles. The zero-order chi connectivity index (χ0) is 23.4. The van der Waals surface area contributed by atoms with Crippen LogP contribution in [0.4, 0.5) is 0 Å². The lowest BCUT2D eigenvalue weighted by atomic mass is 9.50. The normalized spacial score (nSPS) is 28.6. The summed E-state index contributed by atoms with van der Waals surface area (Å²) in [6, 6.07) is 3.93. The van der Waals surface area contributed by atoms with Crippen molar-refractivity contribution in [1.82, 2.24) is 4.90 Å². The van der Waals surface area contributed by atoms with Gasteiger partial charge in [0.2, 0.25) is 0 Å². The van der Waals surface area contributed by atoms with E-state index >= 15 is 0 Å². The van der Waals surface area contributed by atoms with Gasteiger partial charge in [-0.2, -0.15) is 0 Å². The number of rotatable bonds is 7. The molecule has 2 aliphatic heterocycles. The molecule has 0 aromatic heterocycles. The number of piperidine rings is 1. The third-order valence-electron chi connectivity index (χ3n) is 7.74. The summed E-state index contributed by atoms with van der Waals surface area (Å²) in [5.74, 6) is 0.982. The van der Waals surface area contributed by atoms with Crippen LogP contribution in [-0.2, 0) is 30.9 Å². The number of ether oxygens (including phenoxy) is 4. The zero-order valence-corrected chi connectivity index (χ0v) is 22.8. The van der Waals surface area contributed by atoms with Crippen molar-refractivity contribution in [2.24, 2.45) is 11.5 Å². The van der Waals surface area contributed by atoms with Crippen molar-refractivity contribution in [2.45, 2.75) is 55.3 Å². The molecule has 4 aliphatic rings. The Hall–Kier alpha value is -1.75. The predicted molar refractivity (Wildman–Crippen MR) is 141 cm³/mol. The van der Waals surface area contributed by atoms with Crippen LogP contribution in [0.1, 0.15) is 36.8 Å². The van der Waals surface area contributed by atoms with Crippen LogP contribution in [0.15, 0.2) is 24.0 Å². The maximum Gasteiger partial charge on any atom is 0.312 e. The smallest absolute Gasteiger partial charge is 0.312 e. The van der Waals surface area contributed by atoms with Gasteiger partial charge >= 0.3 is 11.9 Å². The molecular formula is C24H34Cl3N3O6. The van der Waals surface area contributed by atoms with Crippen LogP contribution in [0.2, 0.25) is 0 Å². The summed E-state index contributed by atoms with van der Waals surface area (Å²) in [6.07, 6.45) is 3.30. The van der Waals surface area contributed by atoms with Crippen LogP contribution >= 0.6 is 37.2 Å². The molecule has 0 unspecified atom stereocenters. The topological polar surface area (TPSA) is 126 Å². The average Bonchev–Trinajstić information content (AvgIpc) is 3.14. The first-order valence-electron chi connectivity index (χ1n) is 11.5. The number of nitrogens with two attached hydrogens (primary N) is 2. The Morgan fingerprint density at radius 2 is 1.83 bits per heavy atom. The van der Waals surface area contributed by atoms with Crippen LogP contribution < -0.4 is 20.9 Å². The summed E-state index contributed by atoms with van der Waals surface area (Å²) >= 11 is 0. The fraction of sp³-hybridized carbons (Fsp3) is 0.583. The van der Waals surface area contributed by atoms with E-state index in [1.807, 2.05) is 12.1 Å². The molecule has 1 saturated heterocycles. The number of hydrogen-bond acceptors (Lipinski definition) is 9. The highest BCUT2D eigenvalue weighted by Gasteiger charge is 2.74. The predicted octanol–water partition coefficient (Wildman–Crippen LogP) is 2.03. The van der Waals surface area contributed by atoms with Gasteiger partial charge in [-0.25, -0.2) is 0 Å². The number of esters is 2. The molecule has 202 valence electrons. The van der Waals surface area contributed by atoms with Crippen LogP contribution in [0.25, 0.3) is 0 Å². The number of halogens is 3. The molecule has 4 N–H and O–H groups in total. The van der Waals surface area contributed by atoms with Crippen molar-refractivity contribution in [3.05, 3.63) is 35.1 Å². The van der Waals surface area contributed by atoms with E-state index in [0.717, 1.165) is 17.7 Å². The molecule has 36 heavy (non-hydrogen) atoms. The Balaban J connectivity index is 0.00000152. The quantitative estimate of drug-likeness (QED) is 0.477. The van der Waals surface area contributed by atoms with Crippen molar-refractivity contribution in [3.8, 4) is 11.5 Å². The van der Waals surface area contributed by atoms with E-state index in [-0.39, 0.29) is 75.2 Å². The Bertz CT molecular complexity index is 1040. The van der Waals surface area contributed by atoms with Crippen LogP contribution in [0.3, 0.4) is 0 Å². The number of carbonyl (C=O) groups excluding carboxylic acids is 2. The average molecular weight is 567 g/mol. The van der Waals surface area contributed by atoms with Gasteiger partial charge in [0.25, 0.3) is 0 Å². The fourth-order valence-electron chi connectivity index (χ4n) is 6.43. The van der Waals surface area contributed by atoms with Crippen molar-refractivity contribution >= 4 is 49.2 Å². The maximum atomic E-state index is 12.9. The monoisotopic (exact) mass is 565 g/mol. The summed E-state index contributed by atoms with van der Waals surface area (Å²) in [5, 5.41) is 0.